The third-order valence-corrected chi connectivity index (χ3v) is 4.46. The Morgan fingerprint density at radius 2 is 1.96 bits per heavy atom. The Bertz CT molecular complexity index is 696. The zero-order valence-electron chi connectivity index (χ0n) is 13.8. The Hall–Kier alpha value is -2.50. The molecule has 0 aliphatic carbocycles. The molecule has 0 radical (unpaired) electrons. The summed E-state index contributed by atoms with van der Waals surface area (Å²) in [4.78, 5) is 28.5. The lowest BCUT2D eigenvalue weighted by Gasteiger charge is -2.31. The molecular weight excluding hydrogens is 294 g/mol. The van der Waals surface area contributed by atoms with Crippen LogP contribution in [-0.4, -0.2) is 48.5 Å². The Labute approximate surface area is 135 Å². The third kappa shape index (κ3) is 2.34. The summed E-state index contributed by atoms with van der Waals surface area (Å²) in [6, 6.07) is 6.84. The summed E-state index contributed by atoms with van der Waals surface area (Å²) in [6.45, 7) is 4.41. The number of ether oxygens (including phenoxy) is 1. The standard InChI is InChI=1S/C17H21N3O3/c1-10(2)20-9-12-14(16(20)21)15(18-17(22)19(12)3)11-7-5-6-8-13(11)23-4/h5-8,10,15H,9H2,1-4H3,(H,18,22). The second kappa shape index (κ2) is 5.61. The van der Waals surface area contributed by atoms with Crippen molar-refractivity contribution in [2.24, 2.45) is 0 Å². The molecule has 2 aliphatic rings. The summed E-state index contributed by atoms with van der Waals surface area (Å²) in [6.07, 6.45) is 0. The minimum Gasteiger partial charge on any atom is -0.496 e. The van der Waals surface area contributed by atoms with Gasteiger partial charge < -0.3 is 15.0 Å². The van der Waals surface area contributed by atoms with Crippen LogP contribution in [0.1, 0.15) is 25.5 Å². The van der Waals surface area contributed by atoms with Crippen molar-refractivity contribution < 1.29 is 14.3 Å². The van der Waals surface area contributed by atoms with Crippen molar-refractivity contribution in [2.45, 2.75) is 25.9 Å². The summed E-state index contributed by atoms with van der Waals surface area (Å²) in [7, 11) is 3.28. The molecule has 0 bridgehead atoms. The third-order valence-electron chi connectivity index (χ3n) is 4.46. The maximum absolute atomic E-state index is 12.9. The number of carbonyl (C=O) groups is 2. The molecule has 6 nitrogen and oxygen atoms in total. The Kier molecular flexibility index (Phi) is 3.75. The van der Waals surface area contributed by atoms with Crippen LogP contribution in [0.2, 0.25) is 0 Å². The maximum Gasteiger partial charge on any atom is 0.322 e. The number of nitrogens with one attached hydrogen (secondary N) is 1. The van der Waals surface area contributed by atoms with Gasteiger partial charge in [-0.3, -0.25) is 9.69 Å². The van der Waals surface area contributed by atoms with Crippen molar-refractivity contribution in [1.29, 1.82) is 0 Å². The summed E-state index contributed by atoms with van der Waals surface area (Å²) in [5, 5.41) is 2.92. The second-order valence-corrected chi connectivity index (χ2v) is 6.07. The Morgan fingerprint density at radius 3 is 2.61 bits per heavy atom. The fraction of sp³-hybridized carbons (Fsp3) is 0.412. The molecule has 2 heterocycles. The fourth-order valence-corrected chi connectivity index (χ4v) is 3.14. The molecule has 3 rings (SSSR count). The van der Waals surface area contributed by atoms with Gasteiger partial charge in [0.25, 0.3) is 5.91 Å². The van der Waals surface area contributed by atoms with Gasteiger partial charge in [-0.05, 0) is 19.9 Å². The molecule has 1 aromatic carbocycles. The lowest BCUT2D eigenvalue weighted by atomic mass is 9.95. The molecule has 2 aliphatic heterocycles. The summed E-state index contributed by atoms with van der Waals surface area (Å²) < 4.78 is 5.41. The van der Waals surface area contributed by atoms with Crippen LogP contribution >= 0.6 is 0 Å². The van der Waals surface area contributed by atoms with E-state index in [0.717, 1.165) is 11.3 Å². The molecule has 0 aromatic heterocycles. The quantitative estimate of drug-likeness (QED) is 0.926. The molecule has 0 fully saturated rings. The minimum absolute atomic E-state index is 0.0299. The summed E-state index contributed by atoms with van der Waals surface area (Å²) >= 11 is 0. The predicted molar refractivity (Wildman–Crippen MR) is 85.9 cm³/mol. The highest BCUT2D eigenvalue weighted by atomic mass is 16.5. The van der Waals surface area contributed by atoms with Gasteiger partial charge in [0.2, 0.25) is 0 Å². The molecule has 0 saturated carbocycles. The van der Waals surface area contributed by atoms with Crippen LogP contribution in [0.25, 0.3) is 0 Å². The normalized spacial score (nSPS) is 21.0. The maximum atomic E-state index is 12.9. The summed E-state index contributed by atoms with van der Waals surface area (Å²) in [5.41, 5.74) is 2.19. The largest absolute Gasteiger partial charge is 0.496 e. The van der Waals surface area contributed by atoms with Gasteiger partial charge in [-0.1, -0.05) is 18.2 Å². The predicted octanol–water partition coefficient (Wildman–Crippen LogP) is 1.90. The van der Waals surface area contributed by atoms with E-state index >= 15 is 0 Å². The highest BCUT2D eigenvalue weighted by Crippen LogP contribution is 2.39. The highest BCUT2D eigenvalue weighted by molar-refractivity contribution is 6.01. The molecule has 1 aromatic rings. The summed E-state index contributed by atoms with van der Waals surface area (Å²) in [5.74, 6) is 0.628. The number of methoxy groups -OCH3 is 1. The van der Waals surface area contributed by atoms with Crippen molar-refractivity contribution in [3.63, 3.8) is 0 Å². The van der Waals surface area contributed by atoms with E-state index in [9.17, 15) is 9.59 Å². The van der Waals surface area contributed by atoms with Gasteiger partial charge in [-0.25, -0.2) is 4.79 Å². The molecule has 1 N–H and O–H groups in total. The topological polar surface area (TPSA) is 61.9 Å². The molecule has 1 unspecified atom stereocenters. The number of hydrogen-bond donors (Lipinski definition) is 1. The number of likely N-dealkylation sites (N-methyl/N-ethyl adjacent to an activating group) is 1. The van der Waals surface area contributed by atoms with E-state index in [2.05, 4.69) is 5.32 Å². The van der Waals surface area contributed by atoms with Crippen molar-refractivity contribution in [3.8, 4) is 5.75 Å². The van der Waals surface area contributed by atoms with Crippen molar-refractivity contribution in [3.05, 3.63) is 41.1 Å². The molecule has 1 atom stereocenters. The smallest absolute Gasteiger partial charge is 0.322 e. The van der Waals surface area contributed by atoms with Crippen LogP contribution in [0, 0.1) is 0 Å². The number of nitrogens with zero attached hydrogens (tertiary/aromatic N) is 2. The van der Waals surface area contributed by atoms with E-state index in [4.69, 9.17) is 4.74 Å². The number of amides is 3. The molecule has 0 spiro atoms. The van der Waals surface area contributed by atoms with Gasteiger partial charge in [0, 0.05) is 18.7 Å². The zero-order valence-corrected chi connectivity index (χ0v) is 13.8. The van der Waals surface area contributed by atoms with Gasteiger partial charge >= 0.3 is 6.03 Å². The van der Waals surface area contributed by atoms with E-state index in [1.807, 2.05) is 38.1 Å². The SMILES string of the molecule is COc1ccccc1C1NC(=O)N(C)C2=C1C(=O)N(C(C)C)C2. The van der Waals surface area contributed by atoms with Crippen LogP contribution in [0.3, 0.4) is 0 Å². The van der Waals surface area contributed by atoms with Crippen LogP contribution in [0.5, 0.6) is 5.75 Å². The number of rotatable bonds is 3. The fourth-order valence-electron chi connectivity index (χ4n) is 3.14. The first-order valence-corrected chi connectivity index (χ1v) is 7.66. The van der Waals surface area contributed by atoms with E-state index in [1.54, 1.807) is 19.1 Å². The van der Waals surface area contributed by atoms with Gasteiger partial charge in [-0.2, -0.15) is 0 Å². The van der Waals surface area contributed by atoms with Crippen LogP contribution < -0.4 is 10.1 Å². The number of urea groups is 1. The van der Waals surface area contributed by atoms with Crippen molar-refractivity contribution >= 4 is 11.9 Å². The molecule has 122 valence electrons. The second-order valence-electron chi connectivity index (χ2n) is 6.07. The average Bonchev–Trinajstić information content (AvgIpc) is 2.89. The molecular formula is C17H21N3O3. The minimum atomic E-state index is -0.485. The van der Waals surface area contributed by atoms with Gasteiger partial charge in [0.15, 0.2) is 0 Å². The lowest BCUT2D eigenvalue weighted by molar-refractivity contribution is -0.127. The number of benzene rings is 1. The number of hydrogen-bond acceptors (Lipinski definition) is 3. The molecule has 0 saturated heterocycles. The van der Waals surface area contributed by atoms with Crippen LogP contribution in [-0.2, 0) is 4.79 Å². The number of carbonyl (C=O) groups excluding carboxylic acids is 2. The first-order chi connectivity index (χ1) is 11.0. The van der Waals surface area contributed by atoms with Crippen LogP contribution in [0.4, 0.5) is 4.79 Å². The highest BCUT2D eigenvalue weighted by Gasteiger charge is 2.44. The van der Waals surface area contributed by atoms with Crippen LogP contribution in [0.15, 0.2) is 35.5 Å². The Balaban J connectivity index is 2.11. The van der Waals surface area contributed by atoms with Crippen molar-refractivity contribution in [1.82, 2.24) is 15.1 Å². The van der Waals surface area contributed by atoms with Gasteiger partial charge in [-0.15, -0.1) is 0 Å². The first kappa shape index (κ1) is 15.4. The van der Waals surface area contributed by atoms with E-state index in [0.29, 0.717) is 17.9 Å². The van der Waals surface area contributed by atoms with E-state index in [-0.39, 0.29) is 18.0 Å². The average molecular weight is 315 g/mol. The number of para-hydroxylation sites is 1. The van der Waals surface area contributed by atoms with E-state index in [1.165, 1.54) is 4.90 Å². The Morgan fingerprint density at radius 1 is 1.26 bits per heavy atom. The van der Waals surface area contributed by atoms with Gasteiger partial charge in [0.1, 0.15) is 5.75 Å². The monoisotopic (exact) mass is 315 g/mol. The van der Waals surface area contributed by atoms with Gasteiger partial charge in [0.05, 0.1) is 31.0 Å². The van der Waals surface area contributed by atoms with E-state index < -0.39 is 6.04 Å². The molecule has 23 heavy (non-hydrogen) atoms. The molecule has 6 heteroatoms. The molecule has 3 amide bonds. The lowest BCUT2D eigenvalue weighted by Crippen LogP contribution is -2.45. The first-order valence-electron chi connectivity index (χ1n) is 7.66. The zero-order chi connectivity index (χ0) is 16.7. The van der Waals surface area contributed by atoms with Crippen molar-refractivity contribution in [2.75, 3.05) is 20.7 Å².